The molecule has 0 aromatic carbocycles. The summed E-state index contributed by atoms with van der Waals surface area (Å²) in [4.78, 5) is 13.6. The second-order valence-corrected chi connectivity index (χ2v) is 4.21. The van der Waals surface area contributed by atoms with E-state index in [0.717, 1.165) is 32.1 Å². The standard InChI is InChI=1S/C12H18N2O/c1-3-4-5-9-14(2)11(15)12(10-13)7-6-8-12/h3H,1,4-9H2,2H3. The molecule has 1 fully saturated rings. The van der Waals surface area contributed by atoms with Crippen molar-refractivity contribution in [2.75, 3.05) is 13.6 Å². The number of carbonyl (C=O) groups excluding carboxylic acids is 1. The maximum absolute atomic E-state index is 12.0. The second-order valence-electron chi connectivity index (χ2n) is 4.21. The Bertz CT molecular complexity index is 286. The third-order valence-corrected chi connectivity index (χ3v) is 3.08. The van der Waals surface area contributed by atoms with Gasteiger partial charge in [-0.2, -0.15) is 5.26 Å². The Kier molecular flexibility index (Phi) is 3.90. The highest BCUT2D eigenvalue weighted by molar-refractivity contribution is 5.86. The predicted molar refractivity (Wildman–Crippen MR) is 59.0 cm³/mol. The van der Waals surface area contributed by atoms with Crippen molar-refractivity contribution in [2.45, 2.75) is 32.1 Å². The highest BCUT2D eigenvalue weighted by Crippen LogP contribution is 2.41. The van der Waals surface area contributed by atoms with Crippen molar-refractivity contribution in [2.24, 2.45) is 5.41 Å². The Labute approximate surface area is 91.4 Å². The molecule has 0 atom stereocenters. The van der Waals surface area contributed by atoms with Crippen LogP contribution < -0.4 is 0 Å². The molecule has 0 aromatic rings. The molecule has 0 aromatic heterocycles. The molecule has 3 nitrogen and oxygen atoms in total. The lowest BCUT2D eigenvalue weighted by Crippen LogP contribution is -2.45. The van der Waals surface area contributed by atoms with Crippen molar-refractivity contribution in [3.63, 3.8) is 0 Å². The minimum absolute atomic E-state index is 0.000289. The van der Waals surface area contributed by atoms with Crippen LogP contribution in [0.2, 0.25) is 0 Å². The van der Waals surface area contributed by atoms with Gasteiger partial charge in [-0.25, -0.2) is 0 Å². The van der Waals surface area contributed by atoms with Gasteiger partial charge in [0.2, 0.25) is 5.91 Å². The van der Waals surface area contributed by atoms with E-state index in [1.807, 2.05) is 6.08 Å². The number of allylic oxidation sites excluding steroid dienone is 1. The fourth-order valence-corrected chi connectivity index (χ4v) is 1.84. The van der Waals surface area contributed by atoms with E-state index >= 15 is 0 Å². The van der Waals surface area contributed by atoms with E-state index in [4.69, 9.17) is 5.26 Å². The highest BCUT2D eigenvalue weighted by atomic mass is 16.2. The molecule has 0 N–H and O–H groups in total. The van der Waals surface area contributed by atoms with Crippen LogP contribution in [-0.2, 0) is 4.79 Å². The fraction of sp³-hybridized carbons (Fsp3) is 0.667. The zero-order valence-corrected chi connectivity index (χ0v) is 9.33. The number of rotatable bonds is 5. The summed E-state index contributed by atoms with van der Waals surface area (Å²) < 4.78 is 0. The lowest BCUT2D eigenvalue weighted by atomic mass is 9.69. The van der Waals surface area contributed by atoms with Gasteiger partial charge in [0.15, 0.2) is 0 Å². The first-order chi connectivity index (χ1) is 7.16. The van der Waals surface area contributed by atoms with Gasteiger partial charge < -0.3 is 4.90 Å². The first kappa shape index (κ1) is 11.8. The van der Waals surface area contributed by atoms with Gasteiger partial charge in [-0.3, -0.25) is 4.79 Å². The summed E-state index contributed by atoms with van der Waals surface area (Å²) >= 11 is 0. The molecule has 3 heteroatoms. The maximum atomic E-state index is 12.0. The van der Waals surface area contributed by atoms with E-state index in [9.17, 15) is 4.79 Å². The van der Waals surface area contributed by atoms with Gasteiger partial charge in [0.1, 0.15) is 5.41 Å². The molecule has 1 amide bonds. The number of hydrogen-bond donors (Lipinski definition) is 0. The van der Waals surface area contributed by atoms with Gasteiger partial charge in [-0.05, 0) is 32.1 Å². The fourth-order valence-electron chi connectivity index (χ4n) is 1.84. The van der Waals surface area contributed by atoms with Crippen LogP contribution in [0, 0.1) is 16.7 Å². The minimum Gasteiger partial charge on any atom is -0.344 e. The van der Waals surface area contributed by atoms with Crippen LogP contribution in [0.3, 0.4) is 0 Å². The lowest BCUT2D eigenvalue weighted by Gasteiger charge is -2.36. The molecule has 0 heterocycles. The molecule has 82 valence electrons. The van der Waals surface area contributed by atoms with Gasteiger partial charge in [0, 0.05) is 13.6 Å². The molecule has 0 saturated heterocycles. The number of unbranched alkanes of at least 4 members (excludes halogenated alkanes) is 1. The molecule has 15 heavy (non-hydrogen) atoms. The Morgan fingerprint density at radius 2 is 2.33 bits per heavy atom. The topological polar surface area (TPSA) is 44.1 Å². The van der Waals surface area contributed by atoms with Crippen LogP contribution in [-0.4, -0.2) is 24.4 Å². The molecular weight excluding hydrogens is 188 g/mol. The number of nitrogens with zero attached hydrogens (tertiary/aromatic N) is 2. The highest BCUT2D eigenvalue weighted by Gasteiger charge is 2.45. The van der Waals surface area contributed by atoms with Crippen LogP contribution in [0.4, 0.5) is 0 Å². The molecule has 1 rings (SSSR count). The smallest absolute Gasteiger partial charge is 0.242 e. The van der Waals surface area contributed by atoms with Crippen molar-refractivity contribution < 1.29 is 4.79 Å². The number of carbonyl (C=O) groups is 1. The summed E-state index contributed by atoms with van der Waals surface area (Å²) in [5.41, 5.74) is -0.692. The Hall–Kier alpha value is -1.30. The predicted octanol–water partition coefficient (Wildman–Crippen LogP) is 2.10. The zero-order chi connectivity index (χ0) is 11.3. The number of nitriles is 1. The Morgan fingerprint density at radius 1 is 1.67 bits per heavy atom. The molecule has 0 bridgehead atoms. The lowest BCUT2D eigenvalue weighted by molar-refractivity contribution is -0.141. The van der Waals surface area contributed by atoms with Crippen LogP contribution in [0.5, 0.6) is 0 Å². The van der Waals surface area contributed by atoms with Gasteiger partial charge in [0.25, 0.3) is 0 Å². The molecular formula is C12H18N2O. The van der Waals surface area contributed by atoms with Crippen LogP contribution in [0.15, 0.2) is 12.7 Å². The van der Waals surface area contributed by atoms with Crippen molar-refractivity contribution in [1.29, 1.82) is 5.26 Å². The Balaban J connectivity index is 2.45. The van der Waals surface area contributed by atoms with E-state index in [0.29, 0.717) is 6.54 Å². The van der Waals surface area contributed by atoms with Gasteiger partial charge in [-0.1, -0.05) is 6.08 Å². The molecule has 1 aliphatic carbocycles. The van der Waals surface area contributed by atoms with Crippen molar-refractivity contribution in [3.8, 4) is 6.07 Å². The van der Waals surface area contributed by atoms with Crippen molar-refractivity contribution in [3.05, 3.63) is 12.7 Å². The summed E-state index contributed by atoms with van der Waals surface area (Å²) in [7, 11) is 1.78. The van der Waals surface area contributed by atoms with Crippen LogP contribution in [0.1, 0.15) is 32.1 Å². The second kappa shape index (κ2) is 4.97. The first-order valence-corrected chi connectivity index (χ1v) is 5.44. The van der Waals surface area contributed by atoms with Gasteiger partial charge in [-0.15, -0.1) is 6.58 Å². The van der Waals surface area contributed by atoms with Crippen molar-refractivity contribution in [1.82, 2.24) is 4.90 Å². The largest absolute Gasteiger partial charge is 0.344 e. The third-order valence-electron chi connectivity index (χ3n) is 3.08. The van der Waals surface area contributed by atoms with Crippen molar-refractivity contribution >= 4 is 5.91 Å². The average molecular weight is 206 g/mol. The maximum Gasteiger partial charge on any atom is 0.242 e. The SMILES string of the molecule is C=CCCCN(C)C(=O)C1(C#N)CCC1. The van der Waals surface area contributed by atoms with Gasteiger partial charge in [0.05, 0.1) is 6.07 Å². The van der Waals surface area contributed by atoms with E-state index < -0.39 is 5.41 Å². The molecule has 0 aliphatic heterocycles. The van der Waals surface area contributed by atoms with E-state index in [1.165, 1.54) is 0 Å². The Morgan fingerprint density at radius 3 is 2.73 bits per heavy atom. The summed E-state index contributed by atoms with van der Waals surface area (Å²) in [5.74, 6) is 0.000289. The summed E-state index contributed by atoms with van der Waals surface area (Å²) in [6.07, 6.45) is 6.15. The molecule has 1 aliphatic rings. The summed E-state index contributed by atoms with van der Waals surface area (Å²) in [5, 5.41) is 9.01. The number of amides is 1. The van der Waals surface area contributed by atoms with E-state index in [1.54, 1.807) is 11.9 Å². The van der Waals surface area contributed by atoms with E-state index in [-0.39, 0.29) is 5.91 Å². The molecule has 0 unspecified atom stereocenters. The minimum atomic E-state index is -0.692. The van der Waals surface area contributed by atoms with Crippen LogP contribution in [0.25, 0.3) is 0 Å². The quantitative estimate of drug-likeness (QED) is 0.510. The third kappa shape index (κ3) is 2.38. The zero-order valence-electron chi connectivity index (χ0n) is 9.33. The van der Waals surface area contributed by atoms with Gasteiger partial charge >= 0.3 is 0 Å². The molecule has 1 saturated carbocycles. The number of hydrogen-bond acceptors (Lipinski definition) is 2. The normalized spacial score (nSPS) is 17.3. The van der Waals surface area contributed by atoms with Crippen LogP contribution >= 0.6 is 0 Å². The van der Waals surface area contributed by atoms with E-state index in [2.05, 4.69) is 12.6 Å². The summed E-state index contributed by atoms with van der Waals surface area (Å²) in [6, 6.07) is 2.17. The first-order valence-electron chi connectivity index (χ1n) is 5.44. The summed E-state index contributed by atoms with van der Waals surface area (Å²) in [6.45, 7) is 4.36. The monoisotopic (exact) mass is 206 g/mol. The molecule has 0 radical (unpaired) electrons. The molecule has 0 spiro atoms. The average Bonchev–Trinajstić information content (AvgIpc) is 2.17.